The third-order valence-corrected chi connectivity index (χ3v) is 10.2. The number of hydrogen-bond acceptors (Lipinski definition) is 6. The van der Waals surface area contributed by atoms with Crippen molar-refractivity contribution in [1.82, 2.24) is 20.1 Å². The number of piperidine rings is 1. The molecule has 5 rings (SSSR count). The quantitative estimate of drug-likeness (QED) is 0.0949. The molecular weight excluding hydrogens is 673 g/mol. The molecule has 1 fully saturated rings. The highest BCUT2D eigenvalue weighted by atomic mass is 16.5. The van der Waals surface area contributed by atoms with Crippen LogP contribution in [-0.2, 0) is 22.4 Å². The van der Waals surface area contributed by atoms with E-state index in [4.69, 9.17) is 4.74 Å². The highest BCUT2D eigenvalue weighted by molar-refractivity contribution is 5.84. The summed E-state index contributed by atoms with van der Waals surface area (Å²) < 4.78 is 5.82. The van der Waals surface area contributed by atoms with Crippen molar-refractivity contribution in [2.24, 2.45) is 5.92 Å². The number of fused-ring (bicyclic) bond motifs is 1. The third-order valence-electron chi connectivity index (χ3n) is 10.2. The monoisotopic (exact) mass is 736 g/mol. The predicted octanol–water partition coefficient (Wildman–Crippen LogP) is 8.26. The molecule has 1 atom stereocenters. The van der Waals surface area contributed by atoms with E-state index in [1.165, 1.54) is 11.1 Å². The van der Waals surface area contributed by atoms with E-state index in [0.29, 0.717) is 32.7 Å². The van der Waals surface area contributed by atoms with Gasteiger partial charge >= 0.3 is 0 Å². The van der Waals surface area contributed by atoms with Crippen LogP contribution < -0.4 is 10.1 Å². The van der Waals surface area contributed by atoms with Crippen LogP contribution in [0.2, 0.25) is 0 Å². The molecule has 2 amide bonds. The minimum atomic E-state index is -0.481. The Morgan fingerprint density at radius 3 is 2.02 bits per heavy atom. The number of aliphatic hydroxyl groups is 1. The fraction of sp³-hybridized carbons (Fsp3) is 0.500. The number of hydrogen-bond donors (Lipinski definition) is 2. The standard InChI is InChI=1S/C28H38N2O2.C18H26N2O2/c1-2-27(31)30-21-19-25(20-22-30)28(32)29-26(17-9-15-23-11-5-3-6-12-23)18-10-16-24-13-7-4-8-14-24;1-3-11-20(12-4-2)13-15(21)14-22-18-9-5-8-17-16(18)7-6-10-19-17/h3-8,11-14,25-26H,2,9-10,15-22H2,1H3,(H,29,32);5-10,15,21H,3-4,11-14H2,1-2H3. The normalized spacial score (nSPS) is 13.8. The van der Waals surface area contributed by atoms with Gasteiger partial charge in [0.15, 0.2) is 0 Å². The number of rotatable bonds is 20. The lowest BCUT2D eigenvalue weighted by molar-refractivity contribution is -0.135. The van der Waals surface area contributed by atoms with Crippen molar-refractivity contribution < 1.29 is 19.4 Å². The SMILES string of the molecule is CCC(=O)N1CCC(C(=O)NC(CCCc2ccccc2)CCCc2ccccc2)CC1.CCCN(CCC)CC(O)COc1cccc2ncccc12. The maximum Gasteiger partial charge on any atom is 0.223 e. The summed E-state index contributed by atoms with van der Waals surface area (Å²) in [5.41, 5.74) is 3.62. The van der Waals surface area contributed by atoms with Crippen LogP contribution in [0.15, 0.2) is 97.2 Å². The van der Waals surface area contributed by atoms with Crippen molar-refractivity contribution in [3.05, 3.63) is 108 Å². The minimum Gasteiger partial charge on any atom is -0.490 e. The third kappa shape index (κ3) is 14.9. The van der Waals surface area contributed by atoms with E-state index in [1.54, 1.807) is 6.20 Å². The van der Waals surface area contributed by atoms with E-state index in [1.807, 2.05) is 42.2 Å². The predicted molar refractivity (Wildman–Crippen MR) is 221 cm³/mol. The Labute approximate surface area is 324 Å². The molecule has 1 aliphatic rings. The molecule has 2 heterocycles. The van der Waals surface area contributed by atoms with Gasteiger partial charge in [-0.15, -0.1) is 0 Å². The van der Waals surface area contributed by atoms with Gasteiger partial charge in [-0.2, -0.15) is 0 Å². The first-order valence-electron chi connectivity index (χ1n) is 20.4. The molecule has 3 aromatic carbocycles. The summed E-state index contributed by atoms with van der Waals surface area (Å²) in [6.45, 7) is 10.6. The molecule has 0 radical (unpaired) electrons. The lowest BCUT2D eigenvalue weighted by Gasteiger charge is -2.32. The van der Waals surface area contributed by atoms with Crippen molar-refractivity contribution >= 4 is 22.7 Å². The molecule has 0 bridgehead atoms. The first-order chi connectivity index (χ1) is 26.4. The molecular formula is C46H64N4O4. The van der Waals surface area contributed by atoms with Crippen LogP contribution in [0.4, 0.5) is 0 Å². The van der Waals surface area contributed by atoms with Gasteiger partial charge in [0.05, 0.1) is 5.52 Å². The maximum absolute atomic E-state index is 13.0. The summed E-state index contributed by atoms with van der Waals surface area (Å²) in [4.78, 5) is 33.4. The highest BCUT2D eigenvalue weighted by Crippen LogP contribution is 2.24. The van der Waals surface area contributed by atoms with Crippen LogP contribution in [0.3, 0.4) is 0 Å². The van der Waals surface area contributed by atoms with Crippen molar-refractivity contribution in [3.63, 3.8) is 0 Å². The molecule has 0 aliphatic carbocycles. The van der Waals surface area contributed by atoms with Crippen LogP contribution in [0.5, 0.6) is 5.75 Å². The topological polar surface area (TPSA) is 95.0 Å². The smallest absolute Gasteiger partial charge is 0.223 e. The largest absolute Gasteiger partial charge is 0.490 e. The molecule has 1 unspecified atom stereocenters. The van der Waals surface area contributed by atoms with E-state index < -0.39 is 6.10 Å². The molecule has 0 spiro atoms. The number of aromatic nitrogens is 1. The molecule has 1 saturated heterocycles. The van der Waals surface area contributed by atoms with E-state index >= 15 is 0 Å². The van der Waals surface area contributed by atoms with E-state index in [2.05, 4.69) is 89.7 Å². The van der Waals surface area contributed by atoms with Gasteiger partial charge in [0.25, 0.3) is 0 Å². The Kier molecular flexibility index (Phi) is 19.0. The number of nitrogens with zero attached hydrogens (tertiary/aromatic N) is 3. The van der Waals surface area contributed by atoms with Crippen LogP contribution in [-0.4, -0.2) is 83.2 Å². The van der Waals surface area contributed by atoms with E-state index in [-0.39, 0.29) is 23.8 Å². The van der Waals surface area contributed by atoms with Crippen LogP contribution >= 0.6 is 0 Å². The number of ether oxygens (including phenoxy) is 1. The van der Waals surface area contributed by atoms with Crippen LogP contribution in [0, 0.1) is 5.92 Å². The Hall–Kier alpha value is -4.27. The highest BCUT2D eigenvalue weighted by Gasteiger charge is 2.28. The second-order valence-electron chi connectivity index (χ2n) is 14.6. The number of pyridine rings is 1. The number of nitrogens with one attached hydrogen (secondary N) is 1. The van der Waals surface area contributed by atoms with Crippen molar-refractivity contribution in [3.8, 4) is 5.75 Å². The number of aliphatic hydroxyl groups excluding tert-OH is 1. The lowest BCUT2D eigenvalue weighted by Crippen LogP contribution is -2.45. The van der Waals surface area contributed by atoms with Crippen LogP contribution in [0.25, 0.3) is 10.9 Å². The number of aryl methyl sites for hydroxylation is 2. The number of carbonyl (C=O) groups excluding carboxylic acids is 2. The second kappa shape index (κ2) is 24.2. The van der Waals surface area contributed by atoms with Gasteiger partial charge in [-0.3, -0.25) is 14.6 Å². The summed E-state index contributed by atoms with van der Waals surface area (Å²) in [6, 6.07) is 31.1. The summed E-state index contributed by atoms with van der Waals surface area (Å²) >= 11 is 0. The van der Waals surface area contributed by atoms with Gasteiger partial charge in [0.2, 0.25) is 11.8 Å². The molecule has 8 heteroatoms. The zero-order valence-electron chi connectivity index (χ0n) is 33.0. The summed E-state index contributed by atoms with van der Waals surface area (Å²) in [7, 11) is 0. The van der Waals surface area contributed by atoms with E-state index in [9.17, 15) is 14.7 Å². The number of amides is 2. The summed E-state index contributed by atoms with van der Waals surface area (Å²) in [5, 5.41) is 14.6. The zero-order valence-corrected chi connectivity index (χ0v) is 33.0. The Morgan fingerprint density at radius 1 is 0.833 bits per heavy atom. The minimum absolute atomic E-state index is 0.0293. The Balaban J connectivity index is 0.000000258. The maximum atomic E-state index is 13.0. The number of carbonyl (C=O) groups is 2. The van der Waals surface area contributed by atoms with Gasteiger partial charge in [-0.1, -0.05) is 87.5 Å². The molecule has 1 aliphatic heterocycles. The molecule has 4 aromatic rings. The van der Waals surface area contributed by atoms with E-state index in [0.717, 1.165) is 94.0 Å². The second-order valence-corrected chi connectivity index (χ2v) is 14.6. The summed E-state index contributed by atoms with van der Waals surface area (Å²) in [5.74, 6) is 1.19. The fourth-order valence-corrected chi connectivity index (χ4v) is 7.28. The fourth-order valence-electron chi connectivity index (χ4n) is 7.28. The molecule has 1 aromatic heterocycles. The van der Waals surface area contributed by atoms with Gasteiger partial charge in [0.1, 0.15) is 18.5 Å². The molecule has 54 heavy (non-hydrogen) atoms. The molecule has 2 N–H and O–H groups in total. The Bertz CT molecular complexity index is 1570. The number of benzene rings is 3. The summed E-state index contributed by atoms with van der Waals surface area (Å²) in [6.07, 6.45) is 11.8. The van der Waals surface area contributed by atoms with Gasteiger partial charge < -0.3 is 25.0 Å². The van der Waals surface area contributed by atoms with Crippen molar-refractivity contribution in [2.45, 2.75) is 104 Å². The van der Waals surface area contributed by atoms with Gasteiger partial charge in [0, 0.05) is 49.6 Å². The zero-order chi connectivity index (χ0) is 38.4. The van der Waals surface area contributed by atoms with Crippen molar-refractivity contribution in [1.29, 1.82) is 0 Å². The Morgan fingerprint density at radius 2 is 1.44 bits per heavy atom. The lowest BCUT2D eigenvalue weighted by atomic mass is 9.94. The van der Waals surface area contributed by atoms with Crippen molar-refractivity contribution in [2.75, 3.05) is 39.3 Å². The molecule has 8 nitrogen and oxygen atoms in total. The molecule has 0 saturated carbocycles. The average Bonchev–Trinajstić information content (AvgIpc) is 3.21. The first kappa shape index (κ1) is 42.5. The van der Waals surface area contributed by atoms with Crippen LogP contribution in [0.1, 0.15) is 89.7 Å². The molecule has 292 valence electrons. The first-order valence-corrected chi connectivity index (χ1v) is 20.4. The van der Waals surface area contributed by atoms with Gasteiger partial charge in [-0.25, -0.2) is 0 Å². The number of likely N-dealkylation sites (tertiary alicyclic amines) is 1. The van der Waals surface area contributed by atoms with Gasteiger partial charge in [-0.05, 0) is 113 Å². The average molecular weight is 737 g/mol.